The maximum atomic E-state index is 11.3. The van der Waals surface area contributed by atoms with E-state index in [1.54, 1.807) is 6.92 Å². The number of Topliss-reactive ketones (excluding diaryl/α,β-unsaturated/α-hetero) is 1. The van der Waals surface area contributed by atoms with Crippen molar-refractivity contribution in [3.8, 4) is 0 Å². The van der Waals surface area contributed by atoms with Gasteiger partial charge in [0.05, 0.1) is 5.92 Å². The van der Waals surface area contributed by atoms with Crippen LogP contribution < -0.4 is 0 Å². The third kappa shape index (κ3) is 1.65. The summed E-state index contributed by atoms with van der Waals surface area (Å²) in [7, 11) is 0. The normalized spacial score (nSPS) is 28.8. The van der Waals surface area contributed by atoms with Crippen LogP contribution in [0.4, 0.5) is 0 Å². The Morgan fingerprint density at radius 2 is 1.92 bits per heavy atom. The highest BCUT2D eigenvalue weighted by atomic mass is 16.4. The van der Waals surface area contributed by atoms with Crippen molar-refractivity contribution >= 4 is 11.8 Å². The average molecular weight is 170 g/mol. The second-order valence-corrected chi connectivity index (χ2v) is 3.30. The molecule has 0 amide bonds. The van der Waals surface area contributed by atoms with E-state index < -0.39 is 11.9 Å². The molecular formula is C9H14O3. The lowest BCUT2D eigenvalue weighted by Crippen LogP contribution is -2.24. The molecule has 1 rings (SSSR count). The van der Waals surface area contributed by atoms with Crippen LogP contribution in [0.25, 0.3) is 0 Å². The number of aliphatic carboxylic acids is 1. The molecule has 3 nitrogen and oxygen atoms in total. The molecule has 1 aliphatic rings. The molecule has 3 heteroatoms. The molecular weight excluding hydrogens is 156 g/mol. The Bertz CT molecular complexity index is 198. The highest BCUT2D eigenvalue weighted by molar-refractivity contribution is 5.86. The van der Waals surface area contributed by atoms with E-state index in [-0.39, 0.29) is 11.7 Å². The van der Waals surface area contributed by atoms with E-state index in [1.807, 2.05) is 0 Å². The summed E-state index contributed by atoms with van der Waals surface area (Å²) in [4.78, 5) is 21.9. The molecule has 0 heterocycles. The molecule has 0 radical (unpaired) electrons. The minimum absolute atomic E-state index is 0.111. The number of carbonyl (C=O) groups excluding carboxylic acids is 1. The summed E-state index contributed by atoms with van der Waals surface area (Å²) >= 11 is 0. The lowest BCUT2D eigenvalue weighted by atomic mass is 9.91. The average Bonchev–Trinajstić information content (AvgIpc) is 2.50. The van der Waals surface area contributed by atoms with Crippen molar-refractivity contribution in [1.82, 2.24) is 0 Å². The second kappa shape index (κ2) is 3.70. The van der Waals surface area contributed by atoms with Crippen molar-refractivity contribution in [1.29, 1.82) is 0 Å². The van der Waals surface area contributed by atoms with Gasteiger partial charge in [0.25, 0.3) is 0 Å². The molecule has 68 valence electrons. The molecule has 0 aromatic heterocycles. The summed E-state index contributed by atoms with van der Waals surface area (Å²) in [6, 6.07) is 0. The standard InChI is InChI=1S/C9H14O3/c1-2-8(10)6-4-3-5-7(6)9(11)12/h6-7H,2-5H2,1H3,(H,11,12)/t6-,7-/m1/s1. The highest BCUT2D eigenvalue weighted by Crippen LogP contribution is 2.33. The molecule has 0 aromatic carbocycles. The molecule has 1 aliphatic carbocycles. The fourth-order valence-electron chi connectivity index (χ4n) is 1.90. The third-order valence-corrected chi connectivity index (χ3v) is 2.60. The Morgan fingerprint density at radius 3 is 2.42 bits per heavy atom. The van der Waals surface area contributed by atoms with Crippen molar-refractivity contribution in [3.63, 3.8) is 0 Å². The zero-order valence-electron chi connectivity index (χ0n) is 7.25. The van der Waals surface area contributed by atoms with Crippen LogP contribution in [0.1, 0.15) is 32.6 Å². The molecule has 12 heavy (non-hydrogen) atoms. The van der Waals surface area contributed by atoms with Crippen molar-refractivity contribution in [2.75, 3.05) is 0 Å². The van der Waals surface area contributed by atoms with Crippen LogP contribution in [0, 0.1) is 11.8 Å². The molecule has 0 aliphatic heterocycles. The first-order chi connectivity index (χ1) is 5.66. The van der Waals surface area contributed by atoms with E-state index in [0.717, 1.165) is 12.8 Å². The first-order valence-electron chi connectivity index (χ1n) is 4.42. The van der Waals surface area contributed by atoms with Gasteiger partial charge in [-0.15, -0.1) is 0 Å². The van der Waals surface area contributed by atoms with E-state index in [9.17, 15) is 9.59 Å². The van der Waals surface area contributed by atoms with E-state index in [4.69, 9.17) is 5.11 Å². The first-order valence-corrected chi connectivity index (χ1v) is 4.42. The lowest BCUT2D eigenvalue weighted by Gasteiger charge is -2.12. The molecule has 1 fully saturated rings. The number of carboxylic acid groups (broad SMARTS) is 1. The quantitative estimate of drug-likeness (QED) is 0.697. The minimum Gasteiger partial charge on any atom is -0.481 e. The topological polar surface area (TPSA) is 54.4 Å². The molecule has 0 aromatic rings. The molecule has 0 bridgehead atoms. The first kappa shape index (κ1) is 9.23. The molecule has 1 saturated carbocycles. The van der Waals surface area contributed by atoms with Gasteiger partial charge in [-0.25, -0.2) is 0 Å². The fourth-order valence-corrected chi connectivity index (χ4v) is 1.90. The van der Waals surface area contributed by atoms with Gasteiger partial charge >= 0.3 is 5.97 Å². The molecule has 0 unspecified atom stereocenters. The Morgan fingerprint density at radius 1 is 1.33 bits per heavy atom. The Balaban J connectivity index is 2.63. The second-order valence-electron chi connectivity index (χ2n) is 3.30. The molecule has 1 N–H and O–H groups in total. The highest BCUT2D eigenvalue weighted by Gasteiger charge is 2.36. The lowest BCUT2D eigenvalue weighted by molar-refractivity contribution is -0.145. The molecule has 0 saturated heterocycles. The van der Waals surface area contributed by atoms with Gasteiger partial charge in [-0.1, -0.05) is 13.3 Å². The Labute approximate surface area is 71.8 Å². The van der Waals surface area contributed by atoms with Gasteiger partial charge in [-0.3, -0.25) is 9.59 Å². The van der Waals surface area contributed by atoms with Gasteiger partial charge in [-0.05, 0) is 12.8 Å². The summed E-state index contributed by atoms with van der Waals surface area (Å²) in [6.07, 6.45) is 2.79. The van der Waals surface area contributed by atoms with Crippen LogP contribution in [0.2, 0.25) is 0 Å². The maximum absolute atomic E-state index is 11.3. The van der Waals surface area contributed by atoms with Gasteiger partial charge in [0.2, 0.25) is 0 Å². The van der Waals surface area contributed by atoms with Crippen molar-refractivity contribution in [2.45, 2.75) is 32.6 Å². The zero-order valence-corrected chi connectivity index (χ0v) is 7.25. The Hall–Kier alpha value is -0.860. The number of rotatable bonds is 3. The number of carboxylic acids is 1. The predicted octanol–water partition coefficient (Wildman–Crippen LogP) is 1.47. The van der Waals surface area contributed by atoms with Gasteiger partial charge in [0, 0.05) is 12.3 Å². The van der Waals surface area contributed by atoms with E-state index in [0.29, 0.717) is 12.8 Å². The van der Waals surface area contributed by atoms with Gasteiger partial charge in [-0.2, -0.15) is 0 Å². The van der Waals surface area contributed by atoms with Crippen LogP contribution in [0.15, 0.2) is 0 Å². The van der Waals surface area contributed by atoms with Crippen molar-refractivity contribution in [2.24, 2.45) is 11.8 Å². The fraction of sp³-hybridized carbons (Fsp3) is 0.778. The number of hydrogen-bond acceptors (Lipinski definition) is 2. The van der Waals surface area contributed by atoms with Crippen molar-refractivity contribution < 1.29 is 14.7 Å². The smallest absolute Gasteiger partial charge is 0.307 e. The number of hydrogen-bond donors (Lipinski definition) is 1. The third-order valence-electron chi connectivity index (χ3n) is 2.60. The number of carbonyl (C=O) groups is 2. The van der Waals surface area contributed by atoms with E-state index in [2.05, 4.69) is 0 Å². The number of ketones is 1. The molecule has 2 atom stereocenters. The SMILES string of the molecule is CCC(=O)[C@@H]1CCC[C@H]1C(=O)O. The van der Waals surface area contributed by atoms with Gasteiger partial charge in [0.1, 0.15) is 5.78 Å². The van der Waals surface area contributed by atoms with Crippen LogP contribution >= 0.6 is 0 Å². The zero-order chi connectivity index (χ0) is 9.14. The van der Waals surface area contributed by atoms with E-state index >= 15 is 0 Å². The monoisotopic (exact) mass is 170 g/mol. The van der Waals surface area contributed by atoms with Crippen molar-refractivity contribution in [3.05, 3.63) is 0 Å². The minimum atomic E-state index is -0.806. The molecule has 0 spiro atoms. The van der Waals surface area contributed by atoms with Crippen LogP contribution in [0.3, 0.4) is 0 Å². The van der Waals surface area contributed by atoms with Gasteiger partial charge < -0.3 is 5.11 Å². The summed E-state index contributed by atoms with van der Waals surface area (Å²) in [5, 5.41) is 8.78. The predicted molar refractivity (Wildman–Crippen MR) is 43.8 cm³/mol. The van der Waals surface area contributed by atoms with Crippen LogP contribution in [-0.2, 0) is 9.59 Å². The summed E-state index contributed by atoms with van der Waals surface area (Å²) in [6.45, 7) is 1.79. The summed E-state index contributed by atoms with van der Waals surface area (Å²) < 4.78 is 0. The van der Waals surface area contributed by atoms with Crippen LogP contribution in [-0.4, -0.2) is 16.9 Å². The van der Waals surface area contributed by atoms with Gasteiger partial charge in [0.15, 0.2) is 0 Å². The maximum Gasteiger partial charge on any atom is 0.307 e. The Kier molecular flexibility index (Phi) is 2.84. The summed E-state index contributed by atoms with van der Waals surface area (Å²) in [5.41, 5.74) is 0. The van der Waals surface area contributed by atoms with E-state index in [1.165, 1.54) is 0 Å². The van der Waals surface area contributed by atoms with Crippen LogP contribution in [0.5, 0.6) is 0 Å². The summed E-state index contributed by atoms with van der Waals surface area (Å²) in [5.74, 6) is -1.30. The largest absolute Gasteiger partial charge is 0.481 e.